The molecule has 31 heavy (non-hydrogen) atoms. The largest absolute Gasteiger partial charge is 0.489 e. The lowest BCUT2D eigenvalue weighted by molar-refractivity contribution is 0.101. The minimum absolute atomic E-state index is 0.121. The molecule has 0 atom stereocenters. The lowest BCUT2D eigenvalue weighted by Gasteiger charge is -2.07. The number of Topliss-reactive ketones (excluding diaryl/α,β-unsaturated/α-hetero) is 1. The molecular weight excluding hydrogens is 410 g/mol. The van der Waals surface area contributed by atoms with Gasteiger partial charge in [-0.1, -0.05) is 41.9 Å². The van der Waals surface area contributed by atoms with Gasteiger partial charge in [-0.15, -0.1) is 0 Å². The third kappa shape index (κ3) is 3.71. The number of benzene rings is 3. The van der Waals surface area contributed by atoms with Crippen LogP contribution in [0, 0.1) is 0 Å². The third-order valence-electron chi connectivity index (χ3n) is 5.38. The maximum absolute atomic E-state index is 12.9. The monoisotopic (exact) mass is 429 g/mol. The highest BCUT2D eigenvalue weighted by Crippen LogP contribution is 2.36. The van der Waals surface area contributed by atoms with Gasteiger partial charge in [0.1, 0.15) is 18.1 Å². The molecule has 5 rings (SSSR count). The Balaban J connectivity index is 1.40. The van der Waals surface area contributed by atoms with Crippen molar-refractivity contribution in [2.75, 3.05) is 0 Å². The van der Waals surface area contributed by atoms with E-state index in [1.54, 1.807) is 18.2 Å². The van der Waals surface area contributed by atoms with Crippen molar-refractivity contribution in [3.05, 3.63) is 100 Å². The van der Waals surface area contributed by atoms with Gasteiger partial charge in [0.2, 0.25) is 5.78 Å². The fourth-order valence-corrected chi connectivity index (χ4v) is 4.06. The fourth-order valence-electron chi connectivity index (χ4n) is 3.84. The number of carbonyl (C=O) groups is 1. The number of hydrogen-bond acceptors (Lipinski definition) is 3. The van der Waals surface area contributed by atoms with Crippen LogP contribution in [-0.2, 0) is 13.2 Å². The molecule has 0 aliphatic carbocycles. The maximum atomic E-state index is 12.9. The van der Waals surface area contributed by atoms with Crippen LogP contribution in [0.4, 0.5) is 0 Å². The van der Waals surface area contributed by atoms with E-state index in [9.17, 15) is 4.79 Å². The van der Waals surface area contributed by atoms with Crippen molar-refractivity contribution in [3.63, 3.8) is 0 Å². The lowest BCUT2D eigenvalue weighted by Crippen LogP contribution is -1.98. The van der Waals surface area contributed by atoms with E-state index in [2.05, 4.69) is 29.8 Å². The van der Waals surface area contributed by atoms with Gasteiger partial charge in [0.05, 0.1) is 5.56 Å². The summed E-state index contributed by atoms with van der Waals surface area (Å²) in [6.07, 6.45) is 3.88. The summed E-state index contributed by atoms with van der Waals surface area (Å²) in [5, 5.41) is 1.76. The van der Waals surface area contributed by atoms with Gasteiger partial charge in [0.25, 0.3) is 0 Å². The van der Waals surface area contributed by atoms with Crippen LogP contribution in [0.25, 0.3) is 17.0 Å². The van der Waals surface area contributed by atoms with Gasteiger partial charge in [-0.05, 0) is 48.9 Å². The van der Waals surface area contributed by atoms with E-state index < -0.39 is 0 Å². The Morgan fingerprint density at radius 1 is 1.06 bits per heavy atom. The van der Waals surface area contributed by atoms with Gasteiger partial charge in [0, 0.05) is 40.3 Å². The first-order valence-corrected chi connectivity index (χ1v) is 10.5. The van der Waals surface area contributed by atoms with Crippen LogP contribution in [0.2, 0.25) is 5.02 Å². The van der Waals surface area contributed by atoms with E-state index in [0.29, 0.717) is 34.5 Å². The lowest BCUT2D eigenvalue weighted by atomic mass is 10.1. The first-order chi connectivity index (χ1) is 15.1. The summed E-state index contributed by atoms with van der Waals surface area (Å²) in [5.41, 5.74) is 3.61. The predicted octanol–water partition coefficient (Wildman–Crippen LogP) is 6.51. The number of halogens is 1. The topological polar surface area (TPSA) is 40.5 Å². The Hall–Kier alpha value is -3.50. The van der Waals surface area contributed by atoms with Crippen molar-refractivity contribution in [3.8, 4) is 11.5 Å². The minimum Gasteiger partial charge on any atom is -0.489 e. The normalized spacial score (nSPS) is 14.1. The molecule has 0 unspecified atom stereocenters. The van der Waals surface area contributed by atoms with Crippen molar-refractivity contribution in [1.29, 1.82) is 0 Å². The Morgan fingerprint density at radius 2 is 1.94 bits per heavy atom. The SMILES string of the molecule is CCn1cc(/C=C2\Oc3cc(OCc4cccc(Cl)c4)ccc3C2=O)c2ccccc21. The van der Waals surface area contributed by atoms with E-state index in [0.717, 1.165) is 28.6 Å². The summed E-state index contributed by atoms with van der Waals surface area (Å²) in [6.45, 7) is 3.33. The Morgan fingerprint density at radius 3 is 2.77 bits per heavy atom. The average Bonchev–Trinajstić information content (AvgIpc) is 3.30. The summed E-state index contributed by atoms with van der Waals surface area (Å²) in [4.78, 5) is 12.9. The number of carbonyl (C=O) groups excluding carboxylic acids is 1. The molecule has 5 heteroatoms. The second-order valence-corrected chi connectivity index (χ2v) is 7.84. The van der Waals surface area contributed by atoms with Crippen LogP contribution in [-0.4, -0.2) is 10.4 Å². The molecule has 0 radical (unpaired) electrons. The van der Waals surface area contributed by atoms with Gasteiger partial charge in [-0.3, -0.25) is 4.79 Å². The van der Waals surface area contributed by atoms with Gasteiger partial charge < -0.3 is 14.0 Å². The van der Waals surface area contributed by atoms with Crippen LogP contribution >= 0.6 is 11.6 Å². The number of aromatic nitrogens is 1. The number of fused-ring (bicyclic) bond motifs is 2. The van der Waals surface area contributed by atoms with E-state index in [4.69, 9.17) is 21.1 Å². The van der Waals surface area contributed by atoms with Crippen LogP contribution in [0.1, 0.15) is 28.4 Å². The zero-order valence-electron chi connectivity index (χ0n) is 17.0. The molecule has 0 saturated heterocycles. The quantitative estimate of drug-likeness (QED) is 0.339. The molecule has 4 aromatic rings. The van der Waals surface area contributed by atoms with Gasteiger partial charge in [-0.25, -0.2) is 0 Å². The van der Waals surface area contributed by atoms with E-state index in [1.807, 2.05) is 42.5 Å². The van der Waals surface area contributed by atoms with E-state index >= 15 is 0 Å². The molecule has 0 bridgehead atoms. The molecule has 0 saturated carbocycles. The Bertz CT molecular complexity index is 1340. The molecule has 0 spiro atoms. The molecule has 0 N–H and O–H groups in total. The molecule has 4 nitrogen and oxygen atoms in total. The standard InChI is InChI=1S/C26H20ClNO3/c1-2-28-15-18(21-8-3-4-9-23(21)28)13-25-26(29)22-11-10-20(14-24(22)31-25)30-16-17-6-5-7-19(27)12-17/h3-15H,2,16H2,1H3/b25-13-. The van der Waals surface area contributed by atoms with Crippen molar-refractivity contribution in [2.45, 2.75) is 20.1 Å². The van der Waals surface area contributed by atoms with Crippen molar-refractivity contribution < 1.29 is 14.3 Å². The minimum atomic E-state index is -0.121. The molecule has 154 valence electrons. The molecule has 1 aliphatic rings. The molecule has 0 fully saturated rings. The zero-order valence-corrected chi connectivity index (χ0v) is 17.7. The van der Waals surface area contributed by atoms with Crippen molar-refractivity contribution in [1.82, 2.24) is 4.57 Å². The van der Waals surface area contributed by atoms with Crippen molar-refractivity contribution in [2.24, 2.45) is 0 Å². The van der Waals surface area contributed by atoms with Crippen molar-refractivity contribution >= 4 is 34.4 Å². The first-order valence-electron chi connectivity index (χ1n) is 10.2. The first kappa shape index (κ1) is 19.5. The summed E-state index contributed by atoms with van der Waals surface area (Å²) >= 11 is 6.03. The van der Waals surface area contributed by atoms with Gasteiger partial charge >= 0.3 is 0 Å². The number of para-hydroxylation sites is 1. The highest BCUT2D eigenvalue weighted by atomic mass is 35.5. The zero-order chi connectivity index (χ0) is 21.4. The average molecular weight is 430 g/mol. The van der Waals surface area contributed by atoms with E-state index in [1.165, 1.54) is 0 Å². The van der Waals surface area contributed by atoms with Gasteiger partial charge in [-0.2, -0.15) is 0 Å². The highest BCUT2D eigenvalue weighted by molar-refractivity contribution is 6.30. The van der Waals surface area contributed by atoms with Crippen LogP contribution in [0.15, 0.2) is 78.7 Å². The second-order valence-electron chi connectivity index (χ2n) is 7.40. The van der Waals surface area contributed by atoms with E-state index in [-0.39, 0.29) is 5.78 Å². The number of allylic oxidation sites excluding steroid dienone is 1. The molecular formula is C26H20ClNO3. The summed E-state index contributed by atoms with van der Waals surface area (Å²) in [7, 11) is 0. The third-order valence-corrected chi connectivity index (χ3v) is 5.62. The van der Waals surface area contributed by atoms with Crippen LogP contribution < -0.4 is 9.47 Å². The number of ether oxygens (including phenoxy) is 2. The number of hydrogen-bond donors (Lipinski definition) is 0. The fraction of sp³-hybridized carbons (Fsp3) is 0.115. The predicted molar refractivity (Wildman–Crippen MR) is 123 cm³/mol. The van der Waals surface area contributed by atoms with Crippen LogP contribution in [0.5, 0.6) is 11.5 Å². The highest BCUT2D eigenvalue weighted by Gasteiger charge is 2.28. The Labute approximate surface area is 185 Å². The van der Waals surface area contributed by atoms with Gasteiger partial charge in [0.15, 0.2) is 5.76 Å². The summed E-state index contributed by atoms with van der Waals surface area (Å²) < 4.78 is 14.0. The van der Waals surface area contributed by atoms with Crippen LogP contribution in [0.3, 0.4) is 0 Å². The molecule has 3 aromatic carbocycles. The summed E-state index contributed by atoms with van der Waals surface area (Å²) in [5.74, 6) is 1.35. The molecule has 1 aromatic heterocycles. The molecule has 1 aliphatic heterocycles. The summed E-state index contributed by atoms with van der Waals surface area (Å²) in [6, 6.07) is 21.0. The number of rotatable bonds is 5. The number of aryl methyl sites for hydroxylation is 1. The molecule has 0 amide bonds. The number of nitrogens with zero attached hydrogens (tertiary/aromatic N) is 1. The molecule has 2 heterocycles. The smallest absolute Gasteiger partial charge is 0.231 e. The second kappa shape index (κ2) is 7.97. The Kier molecular flexibility index (Phi) is 5.00. The maximum Gasteiger partial charge on any atom is 0.231 e. The number of ketones is 1.